The van der Waals surface area contributed by atoms with E-state index in [0.717, 1.165) is 16.5 Å². The van der Waals surface area contributed by atoms with Gasteiger partial charge in [0.25, 0.3) is 0 Å². The van der Waals surface area contributed by atoms with E-state index >= 15 is 0 Å². The van der Waals surface area contributed by atoms with E-state index in [-0.39, 0.29) is 6.10 Å². The van der Waals surface area contributed by atoms with Gasteiger partial charge in [-0.05, 0) is 30.7 Å². The number of nitrogens with zero attached hydrogens (tertiary/aromatic N) is 1. The fraction of sp³-hybridized carbons (Fsp3) is 0.250. The highest BCUT2D eigenvalue weighted by molar-refractivity contribution is 5.85. The second-order valence-electron chi connectivity index (χ2n) is 3.79. The van der Waals surface area contributed by atoms with E-state index in [1.807, 2.05) is 25.1 Å². The topological polar surface area (TPSA) is 48.1 Å². The van der Waals surface area contributed by atoms with Gasteiger partial charge in [0.15, 0.2) is 0 Å². The zero-order valence-electron chi connectivity index (χ0n) is 8.45. The SMILES string of the molecule is C[C@@H]1OCc2c1c(N)nc1cc[c]cc21. The number of aromatic nitrogens is 1. The maximum absolute atomic E-state index is 5.93. The smallest absolute Gasteiger partial charge is 0.130 e. The molecule has 3 rings (SSSR count). The first kappa shape index (κ1) is 8.68. The van der Waals surface area contributed by atoms with Gasteiger partial charge in [0.1, 0.15) is 5.82 Å². The molecule has 0 aliphatic carbocycles. The molecule has 2 N–H and O–H groups in total. The van der Waals surface area contributed by atoms with E-state index in [1.54, 1.807) is 0 Å². The Morgan fingerprint density at radius 3 is 3.33 bits per heavy atom. The first-order valence-electron chi connectivity index (χ1n) is 4.97. The van der Waals surface area contributed by atoms with Gasteiger partial charge in [-0.1, -0.05) is 6.07 Å². The summed E-state index contributed by atoms with van der Waals surface area (Å²) in [6.45, 7) is 2.62. The van der Waals surface area contributed by atoms with Gasteiger partial charge in [-0.2, -0.15) is 0 Å². The molecule has 0 spiro atoms. The number of benzene rings is 1. The zero-order chi connectivity index (χ0) is 10.4. The third-order valence-corrected chi connectivity index (χ3v) is 2.89. The minimum atomic E-state index is 0.0529. The Labute approximate surface area is 87.9 Å². The van der Waals surface area contributed by atoms with Gasteiger partial charge in [-0.15, -0.1) is 0 Å². The summed E-state index contributed by atoms with van der Waals surface area (Å²) in [7, 11) is 0. The number of nitrogens with two attached hydrogens (primary N) is 1. The quantitative estimate of drug-likeness (QED) is 0.707. The molecule has 1 radical (unpaired) electrons. The third kappa shape index (κ3) is 1.13. The van der Waals surface area contributed by atoms with Crippen molar-refractivity contribution in [3.8, 4) is 0 Å². The molecule has 0 unspecified atom stereocenters. The van der Waals surface area contributed by atoms with Crippen molar-refractivity contribution in [3.05, 3.63) is 35.4 Å². The summed E-state index contributed by atoms with van der Waals surface area (Å²) >= 11 is 0. The van der Waals surface area contributed by atoms with Crippen LogP contribution in [0.5, 0.6) is 0 Å². The fourth-order valence-corrected chi connectivity index (χ4v) is 2.15. The molecule has 1 atom stereocenters. The van der Waals surface area contributed by atoms with Crippen LogP contribution in [0.25, 0.3) is 10.9 Å². The Balaban J connectivity index is 2.43. The molecular formula is C12H11N2O. The van der Waals surface area contributed by atoms with Crippen molar-refractivity contribution in [3.63, 3.8) is 0 Å². The van der Waals surface area contributed by atoms with Crippen molar-refractivity contribution >= 4 is 16.7 Å². The fourth-order valence-electron chi connectivity index (χ4n) is 2.15. The van der Waals surface area contributed by atoms with E-state index in [9.17, 15) is 0 Å². The van der Waals surface area contributed by atoms with Crippen LogP contribution in [-0.4, -0.2) is 4.98 Å². The maximum atomic E-state index is 5.93. The van der Waals surface area contributed by atoms with Gasteiger partial charge < -0.3 is 10.5 Å². The van der Waals surface area contributed by atoms with Crippen molar-refractivity contribution in [2.45, 2.75) is 19.6 Å². The largest absolute Gasteiger partial charge is 0.383 e. The molecule has 2 heterocycles. The number of nitrogen functional groups attached to an aromatic ring is 1. The lowest BCUT2D eigenvalue weighted by Gasteiger charge is -2.08. The number of rotatable bonds is 0. The number of hydrogen-bond donors (Lipinski definition) is 1. The average molecular weight is 199 g/mol. The molecule has 1 aromatic heterocycles. The summed E-state index contributed by atoms with van der Waals surface area (Å²) in [5.74, 6) is 0.591. The minimum absolute atomic E-state index is 0.0529. The number of hydrogen-bond acceptors (Lipinski definition) is 3. The van der Waals surface area contributed by atoms with E-state index in [4.69, 9.17) is 10.5 Å². The van der Waals surface area contributed by atoms with Crippen LogP contribution in [0, 0.1) is 6.07 Å². The lowest BCUT2D eigenvalue weighted by Crippen LogP contribution is -2.00. The highest BCUT2D eigenvalue weighted by Gasteiger charge is 2.24. The maximum Gasteiger partial charge on any atom is 0.130 e. The Morgan fingerprint density at radius 2 is 2.47 bits per heavy atom. The molecule has 0 bridgehead atoms. The van der Waals surface area contributed by atoms with E-state index in [1.165, 1.54) is 5.56 Å². The Hall–Kier alpha value is -1.61. The highest BCUT2D eigenvalue weighted by Crippen LogP contribution is 2.37. The number of ether oxygens (including phenoxy) is 1. The first-order chi connectivity index (χ1) is 7.27. The van der Waals surface area contributed by atoms with Gasteiger partial charge in [-0.3, -0.25) is 0 Å². The summed E-state index contributed by atoms with van der Waals surface area (Å²) in [6, 6.07) is 8.78. The molecule has 3 nitrogen and oxygen atoms in total. The molecule has 2 aromatic rings. The van der Waals surface area contributed by atoms with Gasteiger partial charge in [0.2, 0.25) is 0 Å². The molecule has 0 saturated carbocycles. The van der Waals surface area contributed by atoms with Gasteiger partial charge in [0.05, 0.1) is 18.2 Å². The highest BCUT2D eigenvalue weighted by atomic mass is 16.5. The normalized spacial score (nSPS) is 19.4. The molecule has 15 heavy (non-hydrogen) atoms. The van der Waals surface area contributed by atoms with Crippen molar-refractivity contribution in [1.29, 1.82) is 0 Å². The summed E-state index contributed by atoms with van der Waals surface area (Å²) in [5.41, 5.74) is 9.06. The Bertz CT molecular complexity index is 536. The first-order valence-corrected chi connectivity index (χ1v) is 4.97. The number of anilines is 1. The van der Waals surface area contributed by atoms with E-state index in [2.05, 4.69) is 11.1 Å². The second-order valence-corrected chi connectivity index (χ2v) is 3.79. The summed E-state index contributed by atoms with van der Waals surface area (Å²) in [6.07, 6.45) is 0.0529. The zero-order valence-corrected chi connectivity index (χ0v) is 8.45. The van der Waals surface area contributed by atoms with Gasteiger partial charge >= 0.3 is 0 Å². The van der Waals surface area contributed by atoms with Crippen LogP contribution in [0.3, 0.4) is 0 Å². The molecule has 0 fully saturated rings. The van der Waals surface area contributed by atoms with Gasteiger partial charge in [-0.25, -0.2) is 4.98 Å². The van der Waals surface area contributed by atoms with E-state index in [0.29, 0.717) is 12.4 Å². The van der Waals surface area contributed by atoms with Crippen molar-refractivity contribution in [2.24, 2.45) is 0 Å². The lowest BCUT2D eigenvalue weighted by atomic mass is 10.0. The molecule has 1 aliphatic heterocycles. The summed E-state index contributed by atoms with van der Waals surface area (Å²) in [4.78, 5) is 4.38. The Morgan fingerprint density at radius 1 is 1.60 bits per heavy atom. The van der Waals surface area contributed by atoms with Crippen LogP contribution < -0.4 is 5.73 Å². The number of fused-ring (bicyclic) bond motifs is 3. The molecule has 1 aliphatic rings. The standard InChI is InChI=1S/C12H11N2O/c1-7-11-9(6-15-7)8-4-2-3-5-10(8)14-12(11)13/h3-5,7H,6H2,1H3,(H2,13,14)/t7-/m0/s1. The summed E-state index contributed by atoms with van der Waals surface area (Å²) in [5, 5.41) is 1.10. The monoisotopic (exact) mass is 199 g/mol. The van der Waals surface area contributed by atoms with Crippen LogP contribution in [0.4, 0.5) is 5.82 Å². The molecule has 1 aromatic carbocycles. The third-order valence-electron chi connectivity index (χ3n) is 2.89. The molecule has 3 heteroatoms. The molecule has 0 amide bonds. The van der Waals surface area contributed by atoms with Crippen molar-refractivity contribution in [2.75, 3.05) is 5.73 Å². The Kier molecular flexibility index (Phi) is 1.70. The summed E-state index contributed by atoms with van der Waals surface area (Å²) < 4.78 is 5.58. The van der Waals surface area contributed by atoms with E-state index < -0.39 is 0 Å². The lowest BCUT2D eigenvalue weighted by molar-refractivity contribution is 0.0801. The predicted molar refractivity (Wildman–Crippen MR) is 58.2 cm³/mol. The average Bonchev–Trinajstić information content (AvgIpc) is 2.62. The number of pyridine rings is 1. The van der Waals surface area contributed by atoms with Crippen LogP contribution in [-0.2, 0) is 11.3 Å². The molecular weight excluding hydrogens is 188 g/mol. The van der Waals surface area contributed by atoms with Crippen molar-refractivity contribution < 1.29 is 4.74 Å². The minimum Gasteiger partial charge on any atom is -0.383 e. The van der Waals surface area contributed by atoms with Crippen LogP contribution in [0.1, 0.15) is 24.2 Å². The van der Waals surface area contributed by atoms with Crippen LogP contribution in [0.2, 0.25) is 0 Å². The van der Waals surface area contributed by atoms with Crippen molar-refractivity contribution in [1.82, 2.24) is 4.98 Å². The van der Waals surface area contributed by atoms with Crippen LogP contribution >= 0.6 is 0 Å². The van der Waals surface area contributed by atoms with Crippen LogP contribution in [0.15, 0.2) is 18.2 Å². The molecule has 0 saturated heterocycles. The predicted octanol–water partition coefficient (Wildman–Crippen LogP) is 2.21. The van der Waals surface area contributed by atoms with Gasteiger partial charge in [0, 0.05) is 10.9 Å². The second kappa shape index (κ2) is 2.94. The molecule has 75 valence electrons.